The number of nitrogens with one attached hydrogen (secondary N) is 2. The minimum Gasteiger partial charge on any atom is -0.324 e. The van der Waals surface area contributed by atoms with Crippen LogP contribution in [0.3, 0.4) is 0 Å². The number of hydrogen-bond acceptors (Lipinski definition) is 7. The number of hydrogen-bond donors (Lipinski definition) is 2. The topological polar surface area (TPSA) is 135 Å². The molecule has 1 aliphatic carbocycles. The van der Waals surface area contributed by atoms with Crippen molar-refractivity contribution >= 4 is 52.2 Å². The molecule has 0 aliphatic heterocycles. The van der Waals surface area contributed by atoms with E-state index < -0.39 is 16.1 Å². The number of ketones is 2. The van der Waals surface area contributed by atoms with Crippen LogP contribution in [0.15, 0.2) is 126 Å². The van der Waals surface area contributed by atoms with Crippen LogP contribution in [0.1, 0.15) is 53.0 Å². The third-order valence-corrected chi connectivity index (χ3v) is 8.50. The Morgan fingerprint density at radius 3 is 2.04 bits per heavy atom. The Labute approximate surface area is 261 Å². The van der Waals surface area contributed by atoms with Gasteiger partial charge in [0.05, 0.1) is 16.2 Å². The van der Waals surface area contributed by atoms with Crippen molar-refractivity contribution in [3.63, 3.8) is 0 Å². The molecule has 0 fully saturated rings. The highest BCUT2D eigenvalue weighted by molar-refractivity contribution is 8.00. The van der Waals surface area contributed by atoms with Crippen LogP contribution >= 0.6 is 11.8 Å². The fourth-order valence-electron chi connectivity index (χ4n) is 5.07. The maximum Gasteiger partial charge on any atom is 0.270 e. The van der Waals surface area contributed by atoms with Crippen molar-refractivity contribution in [1.82, 2.24) is 0 Å². The van der Waals surface area contributed by atoms with Gasteiger partial charge in [0.25, 0.3) is 11.6 Å². The Bertz CT molecular complexity index is 1990. The normalized spacial score (nSPS) is 12.4. The van der Waals surface area contributed by atoms with Crippen molar-refractivity contribution < 1.29 is 24.1 Å². The van der Waals surface area contributed by atoms with E-state index in [-0.39, 0.29) is 45.5 Å². The van der Waals surface area contributed by atoms with Gasteiger partial charge < -0.3 is 10.6 Å². The first kappa shape index (κ1) is 29.2. The highest BCUT2D eigenvalue weighted by atomic mass is 32.2. The Morgan fingerprint density at radius 1 is 0.689 bits per heavy atom. The molecule has 2 N–H and O–H groups in total. The second kappa shape index (κ2) is 12.4. The van der Waals surface area contributed by atoms with Gasteiger partial charge in [-0.05, 0) is 42.0 Å². The van der Waals surface area contributed by atoms with E-state index in [0.717, 1.165) is 10.5 Å². The number of anilines is 2. The third-order valence-electron chi connectivity index (χ3n) is 7.24. The van der Waals surface area contributed by atoms with Crippen molar-refractivity contribution in [3.8, 4) is 0 Å². The van der Waals surface area contributed by atoms with Crippen molar-refractivity contribution in [1.29, 1.82) is 0 Å². The van der Waals surface area contributed by atoms with Crippen LogP contribution in [-0.2, 0) is 4.79 Å². The molecule has 220 valence electrons. The average Bonchev–Trinajstić information content (AvgIpc) is 3.07. The predicted octanol–water partition coefficient (Wildman–Crippen LogP) is 7.09. The van der Waals surface area contributed by atoms with Crippen LogP contribution in [0, 0.1) is 10.1 Å². The minimum atomic E-state index is -0.728. The van der Waals surface area contributed by atoms with Gasteiger partial charge in [-0.25, -0.2) is 0 Å². The van der Waals surface area contributed by atoms with Crippen LogP contribution in [0.4, 0.5) is 17.1 Å². The van der Waals surface area contributed by atoms with Crippen LogP contribution in [0.2, 0.25) is 0 Å². The molecule has 1 aliphatic rings. The molecular formula is C35H23N3O6S. The van der Waals surface area contributed by atoms with Crippen LogP contribution in [0.25, 0.3) is 0 Å². The molecule has 0 spiro atoms. The third kappa shape index (κ3) is 5.99. The number of carbonyl (C=O) groups is 4. The standard InChI is InChI=1S/C35H23N3O6S/c39-31-26-12-4-5-13-27(26)32(40)30-28(31)14-7-15-29(30)37-35(42)33(21-8-2-1-3-9-21)45-25-18-16-23(17-19-25)36-34(41)22-10-6-11-24(20-22)38(43)44/h1-20,33H,(H,36,41)(H,37,42). The number of benzene rings is 5. The van der Waals surface area contributed by atoms with Gasteiger partial charge in [0.15, 0.2) is 11.6 Å². The first-order chi connectivity index (χ1) is 21.8. The zero-order chi connectivity index (χ0) is 31.5. The quantitative estimate of drug-likeness (QED) is 0.106. The number of rotatable bonds is 8. The Kier molecular flexibility index (Phi) is 8.04. The second-order valence-corrected chi connectivity index (χ2v) is 11.3. The molecule has 0 aromatic heterocycles. The number of nitro groups is 1. The summed E-state index contributed by atoms with van der Waals surface area (Å²) in [5, 5.41) is 16.0. The molecule has 1 unspecified atom stereocenters. The van der Waals surface area contributed by atoms with E-state index in [1.54, 1.807) is 66.7 Å². The SMILES string of the molecule is O=C(Nc1ccc(SC(C(=O)Nc2cccc3c2C(=O)c2ccccc2C3=O)c2ccccc2)cc1)c1cccc([N+](=O)[O-])c1. The summed E-state index contributed by atoms with van der Waals surface area (Å²) in [5.41, 5.74) is 2.44. The summed E-state index contributed by atoms with van der Waals surface area (Å²) in [5.74, 6) is -1.49. The van der Waals surface area contributed by atoms with Crippen molar-refractivity contribution in [2.24, 2.45) is 0 Å². The van der Waals surface area contributed by atoms with Gasteiger partial charge in [0.1, 0.15) is 5.25 Å². The van der Waals surface area contributed by atoms with Gasteiger partial charge in [0.2, 0.25) is 5.91 Å². The fraction of sp³-hybridized carbons (Fsp3) is 0.0286. The smallest absolute Gasteiger partial charge is 0.270 e. The molecule has 2 amide bonds. The summed E-state index contributed by atoms with van der Waals surface area (Å²) >= 11 is 1.27. The molecule has 10 heteroatoms. The molecule has 45 heavy (non-hydrogen) atoms. The predicted molar refractivity (Wildman–Crippen MR) is 171 cm³/mol. The van der Waals surface area contributed by atoms with Gasteiger partial charge in [-0.15, -0.1) is 11.8 Å². The van der Waals surface area contributed by atoms with Gasteiger partial charge in [-0.3, -0.25) is 29.3 Å². The summed E-state index contributed by atoms with van der Waals surface area (Å²) in [7, 11) is 0. The van der Waals surface area contributed by atoms with E-state index in [2.05, 4.69) is 10.6 Å². The van der Waals surface area contributed by atoms with Gasteiger partial charge in [-0.1, -0.05) is 72.8 Å². The number of thioether (sulfide) groups is 1. The zero-order valence-corrected chi connectivity index (χ0v) is 24.2. The van der Waals surface area contributed by atoms with Gasteiger partial charge in [-0.2, -0.15) is 0 Å². The number of non-ortho nitro benzene ring substituents is 1. The molecule has 1 atom stereocenters. The molecule has 5 aromatic rings. The largest absolute Gasteiger partial charge is 0.324 e. The lowest BCUT2D eigenvalue weighted by atomic mass is 9.83. The first-order valence-electron chi connectivity index (χ1n) is 13.8. The number of fused-ring (bicyclic) bond motifs is 2. The van der Waals surface area contributed by atoms with Crippen molar-refractivity contribution in [2.75, 3.05) is 10.6 Å². The molecule has 9 nitrogen and oxygen atoms in total. The molecule has 0 saturated carbocycles. The van der Waals surface area contributed by atoms with Crippen molar-refractivity contribution in [2.45, 2.75) is 10.1 Å². The Morgan fingerprint density at radius 2 is 1.33 bits per heavy atom. The molecule has 5 aromatic carbocycles. The molecule has 0 heterocycles. The number of nitrogens with zero attached hydrogens (tertiary/aromatic N) is 1. The summed E-state index contributed by atoms with van der Waals surface area (Å²) in [4.78, 5) is 64.4. The molecule has 0 radical (unpaired) electrons. The maximum absolute atomic E-state index is 13.8. The Hall–Kier alpha value is -5.87. The second-order valence-electron chi connectivity index (χ2n) is 10.1. The summed E-state index contributed by atoms with van der Waals surface area (Å²) in [6.07, 6.45) is 0. The number of amides is 2. The maximum atomic E-state index is 13.8. The van der Waals surface area contributed by atoms with Gasteiger partial charge >= 0.3 is 0 Å². The van der Waals surface area contributed by atoms with Crippen molar-refractivity contribution in [3.05, 3.63) is 165 Å². The zero-order valence-electron chi connectivity index (χ0n) is 23.4. The summed E-state index contributed by atoms with van der Waals surface area (Å²) in [6.45, 7) is 0. The highest BCUT2D eigenvalue weighted by Crippen LogP contribution is 2.38. The lowest BCUT2D eigenvalue weighted by molar-refractivity contribution is -0.384. The lowest BCUT2D eigenvalue weighted by Crippen LogP contribution is -2.25. The highest BCUT2D eigenvalue weighted by Gasteiger charge is 2.32. The monoisotopic (exact) mass is 613 g/mol. The number of nitro benzene ring substituents is 1. The van der Waals surface area contributed by atoms with E-state index >= 15 is 0 Å². The summed E-state index contributed by atoms with van der Waals surface area (Å²) in [6, 6.07) is 32.9. The van der Waals surface area contributed by atoms with Crippen LogP contribution < -0.4 is 10.6 Å². The van der Waals surface area contributed by atoms with Crippen LogP contribution in [0.5, 0.6) is 0 Å². The molecule has 6 rings (SSSR count). The minimum absolute atomic E-state index is 0.148. The van der Waals surface area contributed by atoms with E-state index in [9.17, 15) is 29.3 Å². The fourth-order valence-corrected chi connectivity index (χ4v) is 6.09. The summed E-state index contributed by atoms with van der Waals surface area (Å²) < 4.78 is 0. The van der Waals surface area contributed by atoms with E-state index in [1.807, 2.05) is 30.3 Å². The average molecular weight is 614 g/mol. The van der Waals surface area contributed by atoms with Gasteiger partial charge in [0, 0.05) is 45.0 Å². The lowest BCUT2D eigenvalue weighted by Gasteiger charge is -2.22. The molecular weight excluding hydrogens is 590 g/mol. The first-order valence-corrected chi connectivity index (χ1v) is 14.7. The molecule has 0 saturated heterocycles. The number of carbonyl (C=O) groups excluding carboxylic acids is 4. The van der Waals surface area contributed by atoms with E-state index in [4.69, 9.17) is 0 Å². The van der Waals surface area contributed by atoms with Crippen LogP contribution in [-0.4, -0.2) is 28.3 Å². The molecule has 0 bridgehead atoms. The Balaban J connectivity index is 1.23. The van der Waals surface area contributed by atoms with E-state index in [1.165, 1.54) is 36.0 Å². The van der Waals surface area contributed by atoms with E-state index in [0.29, 0.717) is 16.8 Å².